The van der Waals surface area contributed by atoms with Crippen molar-refractivity contribution >= 4 is 22.4 Å². The van der Waals surface area contributed by atoms with E-state index in [1.807, 2.05) is 0 Å². The summed E-state index contributed by atoms with van der Waals surface area (Å²) in [7, 11) is -3.98. The minimum Gasteiger partial charge on any atom is -0.313 e. The van der Waals surface area contributed by atoms with Crippen LogP contribution in [0.25, 0.3) is 0 Å². The Balaban J connectivity index is 0.00000243. The van der Waals surface area contributed by atoms with Crippen LogP contribution < -0.4 is 5.32 Å². The maximum Gasteiger partial charge on any atom is 0.408 e. The second-order valence-electron chi connectivity index (χ2n) is 5.61. The predicted octanol–water partition coefficient (Wildman–Crippen LogP) is 1.60. The Hall–Kier alpha value is -1.69. The Morgan fingerprint density at radius 2 is 2.08 bits per heavy atom. The van der Waals surface area contributed by atoms with Crippen LogP contribution in [-0.4, -0.2) is 53.3 Å². The van der Waals surface area contributed by atoms with Crippen molar-refractivity contribution in [3.8, 4) is 0 Å². The molecule has 1 aliphatic heterocycles. The van der Waals surface area contributed by atoms with E-state index >= 15 is 0 Å². The van der Waals surface area contributed by atoms with Gasteiger partial charge in [-0.1, -0.05) is 6.07 Å². The number of pyridine rings is 1. The molecule has 0 saturated carbocycles. The Kier molecular flexibility index (Phi) is 6.27. The molecule has 0 spiro atoms. The van der Waals surface area contributed by atoms with Crippen LogP contribution in [0.2, 0.25) is 0 Å². The number of nitrogens with one attached hydrogen (secondary N) is 1. The van der Waals surface area contributed by atoms with Gasteiger partial charge in [-0.05, 0) is 11.6 Å². The van der Waals surface area contributed by atoms with E-state index < -0.39 is 28.8 Å². The number of hydrogen-bond acceptors (Lipinski definition) is 5. The minimum absolute atomic E-state index is 0. The second-order valence-corrected chi connectivity index (χ2v) is 7.50. The third-order valence-electron chi connectivity index (χ3n) is 3.82. The molecule has 3 heterocycles. The molecule has 1 saturated heterocycles. The summed E-state index contributed by atoms with van der Waals surface area (Å²) < 4.78 is 65.0. The zero-order chi connectivity index (χ0) is 18.1. The molecule has 1 N–H and O–H groups in total. The fraction of sp³-hybridized carbons (Fsp3) is 0.429. The minimum atomic E-state index is -4.47. The Morgan fingerprint density at radius 3 is 2.73 bits per heavy atom. The lowest BCUT2D eigenvalue weighted by Gasteiger charge is -2.34. The van der Waals surface area contributed by atoms with Gasteiger partial charge in [-0.2, -0.15) is 22.6 Å². The molecule has 0 aliphatic carbocycles. The molecule has 1 atom stereocenters. The smallest absolute Gasteiger partial charge is 0.313 e. The van der Waals surface area contributed by atoms with E-state index in [0.717, 1.165) is 12.4 Å². The molecule has 1 fully saturated rings. The zero-order valence-electron chi connectivity index (χ0n) is 13.4. The van der Waals surface area contributed by atoms with Crippen LogP contribution in [-0.2, 0) is 16.6 Å². The summed E-state index contributed by atoms with van der Waals surface area (Å²) in [5, 5.41) is 6.64. The van der Waals surface area contributed by atoms with Crippen molar-refractivity contribution < 1.29 is 21.6 Å². The fourth-order valence-electron chi connectivity index (χ4n) is 2.71. The molecule has 3 rings (SSSR count). The van der Waals surface area contributed by atoms with Crippen LogP contribution in [0.15, 0.2) is 41.8 Å². The van der Waals surface area contributed by atoms with Crippen LogP contribution in [0.1, 0.15) is 11.6 Å². The first-order chi connectivity index (χ1) is 11.8. The predicted molar refractivity (Wildman–Crippen MR) is 89.3 cm³/mol. The lowest BCUT2D eigenvalue weighted by molar-refractivity contribution is -0.142. The van der Waals surface area contributed by atoms with E-state index in [4.69, 9.17) is 0 Å². The van der Waals surface area contributed by atoms with Gasteiger partial charge >= 0.3 is 6.18 Å². The standard InChI is InChI=1S/C14H16F3N5O2S.ClH/c15-14(16,17)10-21-9-12(7-20-21)25(23,24)22-5-4-19-8-13(22)11-2-1-3-18-6-11;/h1-3,6-7,9,13,19H,4-5,8,10H2;1H. The van der Waals surface area contributed by atoms with Gasteiger partial charge in [-0.25, -0.2) is 8.42 Å². The van der Waals surface area contributed by atoms with Gasteiger partial charge in [0, 0.05) is 38.2 Å². The average Bonchev–Trinajstić information content (AvgIpc) is 3.03. The van der Waals surface area contributed by atoms with Crippen molar-refractivity contribution in [1.82, 2.24) is 24.4 Å². The maximum absolute atomic E-state index is 12.9. The molecule has 0 amide bonds. The Labute approximate surface area is 154 Å². The van der Waals surface area contributed by atoms with E-state index in [2.05, 4.69) is 15.4 Å². The molecule has 2 aromatic rings. The summed E-state index contributed by atoms with van der Waals surface area (Å²) in [5.41, 5.74) is 0.709. The van der Waals surface area contributed by atoms with E-state index in [-0.39, 0.29) is 23.8 Å². The number of alkyl halides is 3. The number of hydrogen-bond donors (Lipinski definition) is 1. The Bertz CT molecular complexity index is 829. The van der Waals surface area contributed by atoms with Crippen molar-refractivity contribution in [3.63, 3.8) is 0 Å². The fourth-order valence-corrected chi connectivity index (χ4v) is 4.28. The summed E-state index contributed by atoms with van der Waals surface area (Å²) in [6, 6.07) is 2.98. The van der Waals surface area contributed by atoms with Crippen molar-refractivity contribution in [3.05, 3.63) is 42.5 Å². The van der Waals surface area contributed by atoms with Crippen LogP contribution >= 0.6 is 12.4 Å². The van der Waals surface area contributed by atoms with Gasteiger partial charge in [-0.15, -0.1) is 12.4 Å². The van der Waals surface area contributed by atoms with Gasteiger partial charge in [0.25, 0.3) is 0 Å². The molecule has 2 aromatic heterocycles. The van der Waals surface area contributed by atoms with Crippen molar-refractivity contribution in [1.29, 1.82) is 0 Å². The number of halogens is 4. The molecule has 0 bridgehead atoms. The van der Waals surface area contributed by atoms with Gasteiger partial charge in [0.2, 0.25) is 10.0 Å². The first-order valence-corrected chi connectivity index (χ1v) is 8.93. The highest BCUT2D eigenvalue weighted by molar-refractivity contribution is 7.89. The zero-order valence-corrected chi connectivity index (χ0v) is 15.1. The monoisotopic (exact) mass is 411 g/mol. The van der Waals surface area contributed by atoms with Gasteiger partial charge in [0.05, 0.1) is 12.2 Å². The molecule has 7 nitrogen and oxygen atoms in total. The van der Waals surface area contributed by atoms with Gasteiger partial charge in [0.15, 0.2) is 0 Å². The third kappa shape index (κ3) is 4.53. The average molecular weight is 412 g/mol. The van der Waals surface area contributed by atoms with Crippen LogP contribution in [0.3, 0.4) is 0 Å². The van der Waals surface area contributed by atoms with E-state index in [1.165, 1.54) is 4.31 Å². The molecule has 0 radical (unpaired) electrons. The summed E-state index contributed by atoms with van der Waals surface area (Å²) in [5.74, 6) is 0. The molecule has 144 valence electrons. The summed E-state index contributed by atoms with van der Waals surface area (Å²) in [6.07, 6.45) is 0.544. The highest BCUT2D eigenvalue weighted by Gasteiger charge is 2.36. The SMILES string of the molecule is Cl.O=S(=O)(c1cnn(CC(F)(F)F)c1)N1CCNCC1c1cccnc1. The summed E-state index contributed by atoms with van der Waals surface area (Å²) >= 11 is 0. The lowest BCUT2D eigenvalue weighted by atomic mass is 10.1. The van der Waals surface area contributed by atoms with Crippen LogP contribution in [0.4, 0.5) is 13.2 Å². The number of sulfonamides is 1. The highest BCUT2D eigenvalue weighted by Crippen LogP contribution is 2.28. The summed E-state index contributed by atoms with van der Waals surface area (Å²) in [6.45, 7) is -0.295. The molecule has 12 heteroatoms. The van der Waals surface area contributed by atoms with E-state index in [9.17, 15) is 21.6 Å². The third-order valence-corrected chi connectivity index (χ3v) is 5.68. The quantitative estimate of drug-likeness (QED) is 0.826. The van der Waals surface area contributed by atoms with Gasteiger partial charge in [0.1, 0.15) is 11.4 Å². The topological polar surface area (TPSA) is 80.1 Å². The van der Waals surface area contributed by atoms with Gasteiger partial charge < -0.3 is 5.32 Å². The first-order valence-electron chi connectivity index (χ1n) is 7.49. The van der Waals surface area contributed by atoms with Crippen LogP contribution in [0, 0.1) is 0 Å². The maximum atomic E-state index is 12.9. The number of piperazine rings is 1. The number of aromatic nitrogens is 3. The highest BCUT2D eigenvalue weighted by atomic mass is 35.5. The van der Waals surface area contributed by atoms with Crippen molar-refractivity contribution in [2.24, 2.45) is 0 Å². The van der Waals surface area contributed by atoms with E-state index in [0.29, 0.717) is 23.3 Å². The lowest BCUT2D eigenvalue weighted by Crippen LogP contribution is -2.48. The van der Waals surface area contributed by atoms with Gasteiger partial charge in [-0.3, -0.25) is 9.67 Å². The second kappa shape index (κ2) is 7.91. The molecule has 0 aromatic carbocycles. The van der Waals surface area contributed by atoms with Crippen molar-refractivity contribution in [2.45, 2.75) is 23.7 Å². The molecule has 26 heavy (non-hydrogen) atoms. The summed E-state index contributed by atoms with van der Waals surface area (Å²) in [4.78, 5) is 3.75. The van der Waals surface area contributed by atoms with Crippen molar-refractivity contribution in [2.75, 3.05) is 19.6 Å². The molecule has 1 aliphatic rings. The Morgan fingerprint density at radius 1 is 1.31 bits per heavy atom. The molecular formula is C14H17ClF3N5O2S. The van der Waals surface area contributed by atoms with Crippen LogP contribution in [0.5, 0.6) is 0 Å². The molecule has 1 unspecified atom stereocenters. The molecular weight excluding hydrogens is 395 g/mol. The number of rotatable bonds is 4. The van der Waals surface area contributed by atoms with E-state index in [1.54, 1.807) is 24.5 Å². The first kappa shape index (κ1) is 20.6. The number of nitrogens with zero attached hydrogens (tertiary/aromatic N) is 4. The largest absolute Gasteiger partial charge is 0.408 e. The normalized spacial score (nSPS) is 19.1.